The monoisotopic (exact) mass is 626 g/mol. The lowest BCUT2D eigenvalue weighted by atomic mass is 10.1. The number of aliphatic carboxylic acids is 1. The van der Waals surface area contributed by atoms with E-state index in [-0.39, 0.29) is 24.6 Å². The molecule has 0 saturated carbocycles. The van der Waals surface area contributed by atoms with Crippen molar-refractivity contribution in [2.75, 3.05) is 0 Å². The average molecular weight is 627 g/mol. The molecule has 0 aromatic carbocycles. The summed E-state index contributed by atoms with van der Waals surface area (Å²) in [5, 5.41) is 18.5. The zero-order valence-corrected chi connectivity index (χ0v) is 28.8. The first-order valence-corrected chi connectivity index (χ1v) is 18.1. The number of aliphatic hydroxyl groups excluding tert-OH is 1. The van der Waals surface area contributed by atoms with E-state index in [0.29, 0.717) is 6.42 Å². The van der Waals surface area contributed by atoms with Gasteiger partial charge in [0.25, 0.3) is 0 Å². The molecule has 0 aromatic heterocycles. The van der Waals surface area contributed by atoms with Crippen molar-refractivity contribution < 1.29 is 24.5 Å². The maximum atomic E-state index is 12.5. The normalized spacial score (nSPS) is 13.8. The van der Waals surface area contributed by atoms with E-state index in [1.165, 1.54) is 12.8 Å². The SMILES string of the molecule is CCCCC[C@H](O)C=CC=CCC=CCCCCCCC(=O)O[C@H](C=CC=CCC=CCCCCCCC(=O)O)CCCCC. The molecule has 0 saturated heterocycles. The third kappa shape index (κ3) is 34.1. The Balaban J connectivity index is 4.06. The van der Waals surface area contributed by atoms with Crippen LogP contribution in [0, 0.1) is 0 Å². The third-order valence-electron chi connectivity index (χ3n) is 7.52. The highest BCUT2D eigenvalue weighted by Crippen LogP contribution is 2.13. The molecule has 0 aliphatic carbocycles. The number of aliphatic hydroxyl groups is 1. The summed E-state index contributed by atoms with van der Waals surface area (Å²) in [4.78, 5) is 23.0. The van der Waals surface area contributed by atoms with Crippen molar-refractivity contribution >= 4 is 11.9 Å². The van der Waals surface area contributed by atoms with Crippen LogP contribution in [0.15, 0.2) is 72.9 Å². The van der Waals surface area contributed by atoms with Crippen LogP contribution in [-0.2, 0) is 14.3 Å². The number of carbonyl (C=O) groups excluding carboxylic acids is 1. The summed E-state index contributed by atoms with van der Waals surface area (Å²) in [5.41, 5.74) is 0. The molecule has 0 heterocycles. The van der Waals surface area contributed by atoms with E-state index in [9.17, 15) is 14.7 Å². The standard InChI is InChI=1S/C40H66O5/c1-3-5-25-31-37(41)32-27-21-17-13-9-7-12-16-20-24-30-36-40(44)45-38(33-26-6-4-2)34-28-22-18-14-10-8-11-15-19-23-29-35-39(42)43/h7-10,17-18,21-22,27-28,32,34,37-38,41H,3-6,11-16,19-20,23-26,29-31,33,35-36H2,1-2H3,(H,42,43)/t37-,38-/m0/s1. The smallest absolute Gasteiger partial charge is 0.306 e. The van der Waals surface area contributed by atoms with E-state index in [0.717, 1.165) is 116 Å². The van der Waals surface area contributed by atoms with Gasteiger partial charge >= 0.3 is 11.9 Å². The molecule has 0 radical (unpaired) electrons. The van der Waals surface area contributed by atoms with Crippen molar-refractivity contribution in [1.82, 2.24) is 0 Å². The minimum atomic E-state index is -0.706. The molecule has 0 bridgehead atoms. The van der Waals surface area contributed by atoms with E-state index in [4.69, 9.17) is 9.84 Å². The predicted octanol–water partition coefficient (Wildman–Crippen LogP) is 11.3. The molecule has 5 heteroatoms. The largest absolute Gasteiger partial charge is 0.481 e. The van der Waals surface area contributed by atoms with Gasteiger partial charge in [0.1, 0.15) is 6.10 Å². The van der Waals surface area contributed by atoms with Gasteiger partial charge in [0, 0.05) is 12.8 Å². The maximum absolute atomic E-state index is 12.5. The first kappa shape index (κ1) is 42.3. The van der Waals surface area contributed by atoms with Gasteiger partial charge in [0.15, 0.2) is 0 Å². The molecule has 0 aliphatic heterocycles. The summed E-state index contributed by atoms with van der Waals surface area (Å²) in [6, 6.07) is 0. The Morgan fingerprint density at radius 3 is 1.69 bits per heavy atom. The van der Waals surface area contributed by atoms with Gasteiger partial charge in [0.05, 0.1) is 6.10 Å². The van der Waals surface area contributed by atoms with Crippen LogP contribution >= 0.6 is 0 Å². The number of rotatable bonds is 31. The van der Waals surface area contributed by atoms with Gasteiger partial charge in [-0.3, -0.25) is 9.59 Å². The van der Waals surface area contributed by atoms with E-state index in [2.05, 4.69) is 50.3 Å². The highest BCUT2D eigenvalue weighted by Gasteiger charge is 2.11. The van der Waals surface area contributed by atoms with Crippen molar-refractivity contribution in [3.05, 3.63) is 72.9 Å². The average Bonchev–Trinajstić information content (AvgIpc) is 3.01. The van der Waals surface area contributed by atoms with Crippen LogP contribution in [-0.4, -0.2) is 34.4 Å². The zero-order chi connectivity index (χ0) is 33.1. The molecule has 2 N–H and O–H groups in total. The first-order valence-electron chi connectivity index (χ1n) is 18.1. The molecule has 0 aromatic rings. The van der Waals surface area contributed by atoms with Crippen molar-refractivity contribution in [3.8, 4) is 0 Å². The molecule has 2 atom stereocenters. The second-order valence-electron chi connectivity index (χ2n) is 11.9. The summed E-state index contributed by atoms with van der Waals surface area (Å²) in [7, 11) is 0. The number of carboxylic acids is 1. The lowest BCUT2D eigenvalue weighted by Crippen LogP contribution is -2.16. The lowest BCUT2D eigenvalue weighted by Gasteiger charge is -2.14. The van der Waals surface area contributed by atoms with Gasteiger partial charge in [-0.05, 0) is 76.7 Å². The molecule has 0 spiro atoms. The van der Waals surface area contributed by atoms with Crippen LogP contribution < -0.4 is 0 Å². The number of ether oxygens (including phenoxy) is 1. The molecule has 5 nitrogen and oxygen atoms in total. The molecular weight excluding hydrogens is 560 g/mol. The molecule has 45 heavy (non-hydrogen) atoms. The summed E-state index contributed by atoms with van der Waals surface area (Å²) in [5.74, 6) is -0.798. The lowest BCUT2D eigenvalue weighted by molar-refractivity contribution is -0.147. The fourth-order valence-corrected chi connectivity index (χ4v) is 4.77. The Morgan fingerprint density at radius 1 is 0.578 bits per heavy atom. The van der Waals surface area contributed by atoms with Crippen LogP contribution in [0.25, 0.3) is 0 Å². The van der Waals surface area contributed by atoms with E-state index in [1.54, 1.807) is 0 Å². The third-order valence-corrected chi connectivity index (χ3v) is 7.52. The van der Waals surface area contributed by atoms with Gasteiger partial charge in [-0.1, -0.05) is 138 Å². The number of carboxylic acid groups (broad SMARTS) is 1. The van der Waals surface area contributed by atoms with Gasteiger partial charge < -0.3 is 14.9 Å². The molecule has 0 unspecified atom stereocenters. The number of unbranched alkanes of at least 4 members (excludes halogenated alkanes) is 12. The van der Waals surface area contributed by atoms with Gasteiger partial charge in [-0.2, -0.15) is 0 Å². The van der Waals surface area contributed by atoms with Crippen LogP contribution in [0.2, 0.25) is 0 Å². The highest BCUT2D eigenvalue weighted by molar-refractivity contribution is 5.69. The van der Waals surface area contributed by atoms with Crippen molar-refractivity contribution in [3.63, 3.8) is 0 Å². The Labute approximate surface area is 276 Å². The topological polar surface area (TPSA) is 83.8 Å². The Kier molecular flexibility index (Phi) is 32.2. The Bertz CT molecular complexity index is 864. The number of esters is 1. The van der Waals surface area contributed by atoms with Crippen molar-refractivity contribution in [1.29, 1.82) is 0 Å². The first-order chi connectivity index (χ1) is 22.0. The minimum Gasteiger partial charge on any atom is -0.481 e. The molecular formula is C40H66O5. The van der Waals surface area contributed by atoms with Crippen LogP contribution in [0.5, 0.6) is 0 Å². The highest BCUT2D eigenvalue weighted by atomic mass is 16.5. The zero-order valence-electron chi connectivity index (χ0n) is 28.8. The quantitative estimate of drug-likeness (QED) is 0.0346. The Hall–Kier alpha value is -2.66. The summed E-state index contributed by atoms with van der Waals surface area (Å²) >= 11 is 0. The second kappa shape index (κ2) is 34.2. The number of hydrogen-bond donors (Lipinski definition) is 2. The van der Waals surface area contributed by atoms with Crippen molar-refractivity contribution in [2.24, 2.45) is 0 Å². The van der Waals surface area contributed by atoms with E-state index in [1.807, 2.05) is 36.5 Å². The summed E-state index contributed by atoms with van der Waals surface area (Å²) in [6.07, 6.45) is 45.6. The number of hydrogen-bond acceptors (Lipinski definition) is 4. The fourth-order valence-electron chi connectivity index (χ4n) is 4.77. The van der Waals surface area contributed by atoms with E-state index < -0.39 is 5.97 Å². The molecule has 0 aliphatic rings. The Morgan fingerprint density at radius 2 is 1.11 bits per heavy atom. The molecule has 0 rings (SSSR count). The van der Waals surface area contributed by atoms with Gasteiger partial charge in [-0.15, -0.1) is 0 Å². The summed E-state index contributed by atoms with van der Waals surface area (Å²) in [6.45, 7) is 4.35. The van der Waals surface area contributed by atoms with Crippen LogP contribution in [0.3, 0.4) is 0 Å². The predicted molar refractivity (Wildman–Crippen MR) is 191 cm³/mol. The number of carbonyl (C=O) groups is 2. The van der Waals surface area contributed by atoms with Crippen molar-refractivity contribution in [2.45, 2.75) is 167 Å². The van der Waals surface area contributed by atoms with Crippen LogP contribution in [0.4, 0.5) is 0 Å². The minimum absolute atomic E-state index is 0.0924. The fraction of sp³-hybridized carbons (Fsp3) is 0.650. The number of allylic oxidation sites excluding steroid dienone is 10. The van der Waals surface area contributed by atoms with Gasteiger partial charge in [0.2, 0.25) is 0 Å². The molecule has 256 valence electrons. The molecule has 0 fully saturated rings. The second-order valence-corrected chi connectivity index (χ2v) is 11.9. The van der Waals surface area contributed by atoms with Gasteiger partial charge in [-0.25, -0.2) is 0 Å². The maximum Gasteiger partial charge on any atom is 0.306 e. The van der Waals surface area contributed by atoms with Crippen LogP contribution in [0.1, 0.15) is 155 Å². The molecule has 0 amide bonds. The van der Waals surface area contributed by atoms with E-state index >= 15 is 0 Å². The summed E-state index contributed by atoms with van der Waals surface area (Å²) < 4.78 is 5.80.